The number of imide groups is 1. The van der Waals surface area contributed by atoms with Crippen LogP contribution in [-0.4, -0.2) is 24.5 Å². The van der Waals surface area contributed by atoms with Crippen LogP contribution < -0.4 is 16.0 Å². The zero-order valence-corrected chi connectivity index (χ0v) is 12.8. The summed E-state index contributed by atoms with van der Waals surface area (Å²) in [4.78, 5) is 23.0. The normalized spacial score (nSPS) is 11.6. The van der Waals surface area contributed by atoms with E-state index in [2.05, 4.69) is 31.9 Å². The summed E-state index contributed by atoms with van der Waals surface area (Å²) in [6.07, 6.45) is 0. The number of carbonyl (C=O) groups excluding carboxylic acids is 2. The fraction of sp³-hybridized carbons (Fsp3) is 0.385. The molecule has 0 saturated carbocycles. The lowest BCUT2D eigenvalue weighted by Gasteiger charge is -2.16. The second kappa shape index (κ2) is 7.13. The van der Waals surface area contributed by atoms with Crippen LogP contribution in [0.25, 0.3) is 0 Å². The van der Waals surface area contributed by atoms with Crippen LogP contribution in [0.15, 0.2) is 22.7 Å². The summed E-state index contributed by atoms with van der Waals surface area (Å²) in [5.74, 6) is -0.370. The molecule has 0 aromatic heterocycles. The highest BCUT2D eigenvalue weighted by molar-refractivity contribution is 9.10. The zero-order chi connectivity index (χ0) is 14.4. The molecule has 0 aliphatic rings. The molecule has 0 aliphatic heterocycles. The molecule has 19 heavy (non-hydrogen) atoms. The smallest absolute Gasteiger partial charge is 0.321 e. The van der Waals surface area contributed by atoms with E-state index >= 15 is 0 Å². The SMILES string of the molecule is CCNC(=O)NC(=O)C(C)Nc1cc(Br)ccc1C. The standard InChI is InChI=1S/C13H18BrN3O2/c1-4-15-13(19)17-12(18)9(3)16-11-7-10(14)6-5-8(11)2/h5-7,9,16H,4H2,1-3H3,(H2,15,17,18,19). The Balaban J connectivity index is 2.63. The van der Waals surface area contributed by atoms with Crippen LogP contribution in [0.2, 0.25) is 0 Å². The third-order valence-electron chi connectivity index (χ3n) is 2.54. The average molecular weight is 328 g/mol. The molecule has 1 aromatic carbocycles. The van der Waals surface area contributed by atoms with Crippen molar-refractivity contribution in [3.8, 4) is 0 Å². The van der Waals surface area contributed by atoms with Gasteiger partial charge in [-0.3, -0.25) is 10.1 Å². The Morgan fingerprint density at radius 1 is 1.37 bits per heavy atom. The van der Waals surface area contributed by atoms with Gasteiger partial charge in [-0.15, -0.1) is 0 Å². The highest BCUT2D eigenvalue weighted by Gasteiger charge is 2.15. The molecule has 3 N–H and O–H groups in total. The maximum absolute atomic E-state index is 11.8. The number of hydrogen-bond acceptors (Lipinski definition) is 3. The summed E-state index contributed by atoms with van der Waals surface area (Å²) in [5, 5.41) is 7.86. The minimum atomic E-state index is -0.504. The molecule has 0 radical (unpaired) electrons. The third kappa shape index (κ3) is 4.90. The van der Waals surface area contributed by atoms with E-state index < -0.39 is 12.1 Å². The van der Waals surface area contributed by atoms with E-state index in [9.17, 15) is 9.59 Å². The molecule has 1 unspecified atom stereocenters. The number of urea groups is 1. The minimum absolute atomic E-state index is 0.370. The molecular formula is C13H18BrN3O2. The Kier molecular flexibility index (Phi) is 5.82. The van der Waals surface area contributed by atoms with E-state index in [0.717, 1.165) is 15.7 Å². The summed E-state index contributed by atoms with van der Waals surface area (Å²) >= 11 is 3.38. The van der Waals surface area contributed by atoms with Crippen molar-refractivity contribution in [3.63, 3.8) is 0 Å². The maximum atomic E-state index is 11.8. The zero-order valence-electron chi connectivity index (χ0n) is 11.2. The number of amides is 3. The third-order valence-corrected chi connectivity index (χ3v) is 3.03. The Labute approximate surface area is 121 Å². The van der Waals surface area contributed by atoms with Crippen LogP contribution in [0.5, 0.6) is 0 Å². The van der Waals surface area contributed by atoms with Gasteiger partial charge in [-0.1, -0.05) is 22.0 Å². The number of anilines is 1. The van der Waals surface area contributed by atoms with Gasteiger partial charge in [0, 0.05) is 16.7 Å². The van der Waals surface area contributed by atoms with Gasteiger partial charge in [-0.25, -0.2) is 4.79 Å². The predicted molar refractivity (Wildman–Crippen MR) is 79.2 cm³/mol. The molecule has 0 fully saturated rings. The molecule has 1 aromatic rings. The fourth-order valence-electron chi connectivity index (χ4n) is 1.47. The molecule has 0 aliphatic carbocycles. The highest BCUT2D eigenvalue weighted by Crippen LogP contribution is 2.21. The largest absolute Gasteiger partial charge is 0.374 e. The summed E-state index contributed by atoms with van der Waals surface area (Å²) in [6.45, 7) is 5.92. The summed E-state index contributed by atoms with van der Waals surface area (Å²) in [6, 6.07) is 4.79. The van der Waals surface area contributed by atoms with Crippen molar-refractivity contribution >= 4 is 33.6 Å². The molecule has 0 spiro atoms. The lowest BCUT2D eigenvalue weighted by atomic mass is 10.2. The van der Waals surface area contributed by atoms with Gasteiger partial charge in [0.05, 0.1) is 0 Å². The summed E-state index contributed by atoms with van der Waals surface area (Å²) in [7, 11) is 0. The topological polar surface area (TPSA) is 70.2 Å². The quantitative estimate of drug-likeness (QED) is 0.795. The maximum Gasteiger partial charge on any atom is 0.321 e. The van der Waals surface area contributed by atoms with Gasteiger partial charge in [0.2, 0.25) is 5.91 Å². The van der Waals surface area contributed by atoms with Crippen molar-refractivity contribution in [3.05, 3.63) is 28.2 Å². The van der Waals surface area contributed by atoms with Crippen molar-refractivity contribution in [2.45, 2.75) is 26.8 Å². The predicted octanol–water partition coefficient (Wildman–Crippen LogP) is 2.40. The minimum Gasteiger partial charge on any atom is -0.374 e. The van der Waals surface area contributed by atoms with Gasteiger partial charge in [-0.05, 0) is 38.5 Å². The van der Waals surface area contributed by atoms with Crippen molar-refractivity contribution < 1.29 is 9.59 Å². The second-order valence-corrected chi connectivity index (χ2v) is 5.09. The van der Waals surface area contributed by atoms with Gasteiger partial charge in [0.25, 0.3) is 0 Å². The number of hydrogen-bond donors (Lipinski definition) is 3. The van der Waals surface area contributed by atoms with E-state index in [1.54, 1.807) is 13.8 Å². The second-order valence-electron chi connectivity index (χ2n) is 4.17. The van der Waals surface area contributed by atoms with Gasteiger partial charge < -0.3 is 10.6 Å². The van der Waals surface area contributed by atoms with Crippen LogP contribution in [0.3, 0.4) is 0 Å². The monoisotopic (exact) mass is 327 g/mol. The molecule has 5 nitrogen and oxygen atoms in total. The first kappa shape index (κ1) is 15.5. The molecule has 1 rings (SSSR count). The van der Waals surface area contributed by atoms with E-state index in [-0.39, 0.29) is 5.91 Å². The number of nitrogens with one attached hydrogen (secondary N) is 3. The lowest BCUT2D eigenvalue weighted by Crippen LogP contribution is -2.45. The fourth-order valence-corrected chi connectivity index (χ4v) is 1.83. The Bertz CT molecular complexity index is 477. The molecule has 0 bridgehead atoms. The van der Waals surface area contributed by atoms with Gasteiger partial charge in [0.15, 0.2) is 0 Å². The van der Waals surface area contributed by atoms with E-state index in [4.69, 9.17) is 0 Å². The van der Waals surface area contributed by atoms with Gasteiger partial charge in [0.1, 0.15) is 6.04 Å². The number of benzene rings is 1. The van der Waals surface area contributed by atoms with Crippen LogP contribution >= 0.6 is 15.9 Å². The molecule has 3 amide bonds. The van der Waals surface area contributed by atoms with Crippen molar-refractivity contribution in [2.75, 3.05) is 11.9 Å². The molecule has 6 heteroatoms. The number of rotatable bonds is 4. The average Bonchev–Trinajstić information content (AvgIpc) is 2.34. The van der Waals surface area contributed by atoms with E-state index in [1.165, 1.54) is 0 Å². The molecule has 1 atom stereocenters. The Morgan fingerprint density at radius 2 is 2.05 bits per heavy atom. The first-order valence-electron chi connectivity index (χ1n) is 6.05. The number of halogens is 1. The summed E-state index contributed by atoms with van der Waals surface area (Å²) in [5.41, 5.74) is 1.88. The molecule has 0 saturated heterocycles. The summed E-state index contributed by atoms with van der Waals surface area (Å²) < 4.78 is 0.928. The van der Waals surface area contributed by atoms with E-state index in [0.29, 0.717) is 6.54 Å². The Hall–Kier alpha value is -1.56. The van der Waals surface area contributed by atoms with Crippen LogP contribution in [0.1, 0.15) is 19.4 Å². The van der Waals surface area contributed by atoms with Crippen molar-refractivity contribution in [1.82, 2.24) is 10.6 Å². The van der Waals surface area contributed by atoms with Crippen LogP contribution in [0.4, 0.5) is 10.5 Å². The first-order chi connectivity index (χ1) is 8.93. The van der Waals surface area contributed by atoms with Gasteiger partial charge in [-0.2, -0.15) is 0 Å². The lowest BCUT2D eigenvalue weighted by molar-refractivity contribution is -0.120. The Morgan fingerprint density at radius 3 is 2.68 bits per heavy atom. The van der Waals surface area contributed by atoms with Crippen LogP contribution in [-0.2, 0) is 4.79 Å². The molecular weight excluding hydrogens is 310 g/mol. The molecule has 104 valence electrons. The van der Waals surface area contributed by atoms with E-state index in [1.807, 2.05) is 25.1 Å². The molecule has 0 heterocycles. The van der Waals surface area contributed by atoms with Crippen molar-refractivity contribution in [1.29, 1.82) is 0 Å². The number of aryl methyl sites for hydroxylation is 1. The highest BCUT2D eigenvalue weighted by atomic mass is 79.9. The first-order valence-corrected chi connectivity index (χ1v) is 6.84. The number of carbonyl (C=O) groups is 2. The van der Waals surface area contributed by atoms with Crippen molar-refractivity contribution in [2.24, 2.45) is 0 Å². The van der Waals surface area contributed by atoms with Crippen LogP contribution in [0, 0.1) is 6.92 Å². The van der Waals surface area contributed by atoms with Gasteiger partial charge >= 0.3 is 6.03 Å².